The molecule has 0 amide bonds. The maximum absolute atomic E-state index is 12.8. The maximum Gasteiger partial charge on any atom is 0.197 e. The highest BCUT2D eigenvalue weighted by molar-refractivity contribution is 5.95. The number of fused-ring (bicyclic) bond motifs is 5. The van der Waals surface area contributed by atoms with Crippen molar-refractivity contribution in [1.29, 1.82) is 0 Å². The highest BCUT2D eigenvalue weighted by Crippen LogP contribution is 2.65. The van der Waals surface area contributed by atoms with Crippen LogP contribution in [0.2, 0.25) is 0 Å². The van der Waals surface area contributed by atoms with E-state index in [2.05, 4.69) is 13.8 Å². The summed E-state index contributed by atoms with van der Waals surface area (Å²) in [5.41, 5.74) is 2.34. The molecule has 5 rings (SSSR count). The summed E-state index contributed by atoms with van der Waals surface area (Å²) in [6, 6.07) is 10.1. The fourth-order valence-corrected chi connectivity index (χ4v) is 7.33. The third kappa shape index (κ3) is 2.84. The predicted molar refractivity (Wildman–Crippen MR) is 112 cm³/mol. The molecule has 0 heterocycles. The maximum atomic E-state index is 12.8. The molecular formula is C26H32O3. The molecule has 4 aliphatic carbocycles. The van der Waals surface area contributed by atoms with Crippen molar-refractivity contribution in [3.05, 3.63) is 47.2 Å². The molecule has 1 aromatic rings. The third-order valence-electron chi connectivity index (χ3n) is 9.01. The van der Waals surface area contributed by atoms with Gasteiger partial charge in [0.1, 0.15) is 12.4 Å². The number of allylic oxidation sites excluding steroid dienone is 1. The van der Waals surface area contributed by atoms with Crippen LogP contribution < -0.4 is 0 Å². The Labute approximate surface area is 173 Å². The van der Waals surface area contributed by atoms with Crippen molar-refractivity contribution in [1.82, 2.24) is 0 Å². The second kappa shape index (κ2) is 6.82. The van der Waals surface area contributed by atoms with E-state index in [4.69, 9.17) is 4.74 Å². The summed E-state index contributed by atoms with van der Waals surface area (Å²) in [5, 5.41) is 0. The van der Waals surface area contributed by atoms with Crippen LogP contribution in [0.25, 0.3) is 0 Å². The summed E-state index contributed by atoms with van der Waals surface area (Å²) < 4.78 is 6.20. The molecular weight excluding hydrogens is 360 g/mol. The van der Waals surface area contributed by atoms with Gasteiger partial charge in [-0.2, -0.15) is 0 Å². The Morgan fingerprint density at radius 2 is 1.66 bits per heavy atom. The van der Waals surface area contributed by atoms with Gasteiger partial charge in [-0.1, -0.05) is 44.2 Å². The van der Waals surface area contributed by atoms with Crippen LogP contribution in [-0.4, -0.2) is 11.6 Å². The molecule has 0 aromatic heterocycles. The van der Waals surface area contributed by atoms with Crippen LogP contribution in [-0.2, 0) is 20.9 Å². The first-order valence-electron chi connectivity index (χ1n) is 11.4. The van der Waals surface area contributed by atoms with Crippen LogP contribution in [0, 0.1) is 28.6 Å². The molecule has 29 heavy (non-hydrogen) atoms. The molecule has 3 fully saturated rings. The molecule has 3 heteroatoms. The Morgan fingerprint density at radius 1 is 0.897 bits per heavy atom. The molecule has 1 aromatic carbocycles. The standard InChI is InChI=1S/C26H32O3/c1-25-15-13-22(27)24(29-16-17-6-4-3-5-7-17)21(25)9-8-18-19-10-11-23(28)26(19,2)14-12-20(18)25/h3-7,18-20H,8-16H2,1-2H3/t18-,19-,20-,25+,26-/m0/s1. The minimum Gasteiger partial charge on any atom is -0.485 e. The summed E-state index contributed by atoms with van der Waals surface area (Å²) in [7, 11) is 0. The van der Waals surface area contributed by atoms with E-state index in [9.17, 15) is 9.59 Å². The first-order chi connectivity index (χ1) is 13.9. The molecule has 0 unspecified atom stereocenters. The van der Waals surface area contributed by atoms with Gasteiger partial charge in [-0.05, 0) is 72.8 Å². The summed E-state index contributed by atoms with van der Waals surface area (Å²) in [6.45, 7) is 5.08. The van der Waals surface area contributed by atoms with E-state index < -0.39 is 0 Å². The number of ether oxygens (including phenoxy) is 1. The smallest absolute Gasteiger partial charge is 0.197 e. The number of hydrogen-bond donors (Lipinski definition) is 0. The zero-order valence-electron chi connectivity index (χ0n) is 17.7. The Bertz CT molecular complexity index is 869. The molecule has 3 nitrogen and oxygen atoms in total. The van der Waals surface area contributed by atoms with E-state index in [0.29, 0.717) is 42.3 Å². The third-order valence-corrected chi connectivity index (χ3v) is 9.01. The van der Waals surface area contributed by atoms with Crippen molar-refractivity contribution < 1.29 is 14.3 Å². The lowest BCUT2D eigenvalue weighted by atomic mass is 9.47. The van der Waals surface area contributed by atoms with E-state index in [0.717, 1.165) is 50.5 Å². The molecule has 0 radical (unpaired) electrons. The van der Waals surface area contributed by atoms with Gasteiger partial charge in [0.25, 0.3) is 0 Å². The van der Waals surface area contributed by atoms with Gasteiger partial charge in [-0.3, -0.25) is 9.59 Å². The zero-order valence-corrected chi connectivity index (χ0v) is 17.7. The molecule has 4 aliphatic rings. The average Bonchev–Trinajstić information content (AvgIpc) is 3.03. The van der Waals surface area contributed by atoms with Gasteiger partial charge in [0.05, 0.1) is 0 Å². The van der Waals surface area contributed by atoms with E-state index in [1.54, 1.807) is 0 Å². The summed E-state index contributed by atoms with van der Waals surface area (Å²) in [4.78, 5) is 25.4. The van der Waals surface area contributed by atoms with Crippen LogP contribution in [0.1, 0.15) is 70.8 Å². The molecule has 0 aliphatic heterocycles. The molecule has 154 valence electrons. The van der Waals surface area contributed by atoms with Crippen molar-refractivity contribution in [2.24, 2.45) is 28.6 Å². The number of ketones is 2. The Morgan fingerprint density at radius 3 is 2.45 bits per heavy atom. The van der Waals surface area contributed by atoms with E-state index in [1.165, 1.54) is 5.57 Å². The molecule has 0 spiro atoms. The lowest BCUT2D eigenvalue weighted by Gasteiger charge is -2.57. The van der Waals surface area contributed by atoms with Crippen LogP contribution in [0.5, 0.6) is 0 Å². The first-order valence-corrected chi connectivity index (χ1v) is 11.4. The number of carbonyl (C=O) groups excluding carboxylic acids is 2. The van der Waals surface area contributed by atoms with Crippen molar-refractivity contribution in [3.63, 3.8) is 0 Å². The highest BCUT2D eigenvalue weighted by atomic mass is 16.5. The van der Waals surface area contributed by atoms with Gasteiger partial charge >= 0.3 is 0 Å². The fourth-order valence-electron chi connectivity index (χ4n) is 7.33. The number of hydrogen-bond acceptors (Lipinski definition) is 3. The Hall–Kier alpha value is -1.90. The Kier molecular flexibility index (Phi) is 4.49. The van der Waals surface area contributed by atoms with Crippen LogP contribution in [0.3, 0.4) is 0 Å². The zero-order chi connectivity index (χ0) is 20.2. The van der Waals surface area contributed by atoms with Gasteiger partial charge in [-0.15, -0.1) is 0 Å². The van der Waals surface area contributed by atoms with Crippen LogP contribution in [0.15, 0.2) is 41.7 Å². The molecule has 3 saturated carbocycles. The summed E-state index contributed by atoms with van der Waals surface area (Å²) in [6.07, 6.45) is 7.57. The highest BCUT2D eigenvalue weighted by Gasteiger charge is 2.59. The SMILES string of the molecule is C[C@]12CCC(=O)C(OCc3ccccc3)=C1CC[C@@H]1[C@@H]2CC[C@]2(C)C(=O)CC[C@@H]12. The predicted octanol–water partition coefficient (Wildman–Crippen LogP) is 5.63. The lowest BCUT2D eigenvalue weighted by molar-refractivity contribution is -0.133. The topological polar surface area (TPSA) is 43.4 Å². The second-order valence-electron chi connectivity index (χ2n) is 10.3. The number of benzene rings is 1. The number of carbonyl (C=O) groups is 2. The molecule has 5 atom stereocenters. The fraction of sp³-hybridized carbons (Fsp3) is 0.615. The molecule has 0 N–H and O–H groups in total. The lowest BCUT2D eigenvalue weighted by Crippen LogP contribution is -2.51. The summed E-state index contributed by atoms with van der Waals surface area (Å²) in [5.74, 6) is 3.09. The van der Waals surface area contributed by atoms with Crippen molar-refractivity contribution >= 4 is 11.6 Å². The van der Waals surface area contributed by atoms with Crippen LogP contribution >= 0.6 is 0 Å². The monoisotopic (exact) mass is 392 g/mol. The van der Waals surface area contributed by atoms with Crippen molar-refractivity contribution in [2.45, 2.75) is 71.8 Å². The normalized spacial score (nSPS) is 39.0. The quantitative estimate of drug-likeness (QED) is 0.669. The van der Waals surface area contributed by atoms with Crippen molar-refractivity contribution in [2.75, 3.05) is 0 Å². The van der Waals surface area contributed by atoms with Gasteiger partial charge in [0.2, 0.25) is 0 Å². The van der Waals surface area contributed by atoms with Gasteiger partial charge < -0.3 is 4.74 Å². The summed E-state index contributed by atoms with van der Waals surface area (Å²) >= 11 is 0. The first kappa shape index (κ1) is 19.1. The molecule has 0 bridgehead atoms. The number of Topliss-reactive ketones (excluding diaryl/α,β-unsaturated/α-hetero) is 2. The number of rotatable bonds is 3. The van der Waals surface area contributed by atoms with E-state index >= 15 is 0 Å². The Balaban J connectivity index is 1.45. The minimum atomic E-state index is -0.0874. The van der Waals surface area contributed by atoms with Crippen molar-refractivity contribution in [3.8, 4) is 0 Å². The van der Waals surface area contributed by atoms with Crippen LogP contribution in [0.4, 0.5) is 0 Å². The van der Waals surface area contributed by atoms with Gasteiger partial charge in [-0.25, -0.2) is 0 Å². The minimum absolute atomic E-state index is 0.0514. The second-order valence-corrected chi connectivity index (χ2v) is 10.3. The van der Waals surface area contributed by atoms with Gasteiger partial charge in [0, 0.05) is 18.3 Å². The largest absolute Gasteiger partial charge is 0.485 e. The van der Waals surface area contributed by atoms with E-state index in [-0.39, 0.29) is 16.6 Å². The van der Waals surface area contributed by atoms with Gasteiger partial charge in [0.15, 0.2) is 11.5 Å². The molecule has 0 saturated heterocycles. The van der Waals surface area contributed by atoms with E-state index in [1.807, 2.05) is 30.3 Å². The average molecular weight is 393 g/mol.